The molecular weight excluding hydrogens is 447 g/mol. The monoisotopic (exact) mass is 482 g/mol. The van der Waals surface area contributed by atoms with E-state index in [4.69, 9.17) is 4.99 Å². The van der Waals surface area contributed by atoms with Gasteiger partial charge in [0.15, 0.2) is 5.96 Å². The molecule has 2 aliphatic rings. The lowest BCUT2D eigenvalue weighted by atomic mass is 9.89. The molecule has 3 N–H and O–H groups in total. The van der Waals surface area contributed by atoms with Crippen LogP contribution in [0.1, 0.15) is 58.8 Å². The standard InChI is InChI=1S/C18H34N4OS.HI/c1-3-19-17(22-14-18(2)10-7-13-24-18)21-12-11-20-16(23)15-8-5-4-6-9-15;/h15H,3-14H2,1-2H3,(H,20,23)(H2,19,21,22);1H. The number of thioether (sulfide) groups is 1. The lowest BCUT2D eigenvalue weighted by molar-refractivity contribution is -0.125. The second-order valence-electron chi connectivity index (χ2n) is 7.15. The molecule has 0 bridgehead atoms. The maximum Gasteiger partial charge on any atom is 0.223 e. The Labute approximate surface area is 174 Å². The van der Waals surface area contributed by atoms with Crippen molar-refractivity contribution in [1.29, 1.82) is 0 Å². The van der Waals surface area contributed by atoms with Crippen LogP contribution in [0.15, 0.2) is 4.99 Å². The summed E-state index contributed by atoms with van der Waals surface area (Å²) in [5.41, 5.74) is 0. The molecule has 1 aliphatic carbocycles. The summed E-state index contributed by atoms with van der Waals surface area (Å²) in [5.74, 6) is 2.58. The molecule has 1 saturated carbocycles. The fourth-order valence-corrected chi connectivity index (χ4v) is 4.65. The van der Waals surface area contributed by atoms with Crippen LogP contribution in [0.3, 0.4) is 0 Å². The Hall–Kier alpha value is -0.180. The van der Waals surface area contributed by atoms with E-state index in [1.165, 1.54) is 37.9 Å². The third-order valence-corrected chi connectivity index (χ3v) is 6.43. The van der Waals surface area contributed by atoms with E-state index in [0.717, 1.165) is 31.9 Å². The first-order chi connectivity index (χ1) is 11.6. The lowest BCUT2D eigenvalue weighted by Gasteiger charge is -2.22. The van der Waals surface area contributed by atoms with Gasteiger partial charge in [0.05, 0.1) is 6.54 Å². The lowest BCUT2D eigenvalue weighted by Crippen LogP contribution is -2.43. The van der Waals surface area contributed by atoms with E-state index >= 15 is 0 Å². The number of nitrogens with one attached hydrogen (secondary N) is 3. The zero-order chi connectivity index (χ0) is 17.3. The number of halogens is 1. The topological polar surface area (TPSA) is 65.5 Å². The van der Waals surface area contributed by atoms with Crippen molar-refractivity contribution >= 4 is 47.6 Å². The largest absolute Gasteiger partial charge is 0.357 e. The summed E-state index contributed by atoms with van der Waals surface area (Å²) in [5, 5.41) is 9.69. The van der Waals surface area contributed by atoms with Crippen LogP contribution in [-0.2, 0) is 4.79 Å². The average molecular weight is 482 g/mol. The molecule has 146 valence electrons. The highest BCUT2D eigenvalue weighted by atomic mass is 127. The third kappa shape index (κ3) is 8.37. The SMILES string of the molecule is CCNC(=NCC1(C)CCCS1)NCCNC(=O)C1CCCCC1.I. The van der Waals surface area contributed by atoms with Gasteiger partial charge < -0.3 is 16.0 Å². The second kappa shape index (κ2) is 12.3. The fourth-order valence-electron chi connectivity index (χ4n) is 3.43. The van der Waals surface area contributed by atoms with Crippen LogP contribution in [0.4, 0.5) is 0 Å². The van der Waals surface area contributed by atoms with Gasteiger partial charge in [0.2, 0.25) is 5.91 Å². The Morgan fingerprint density at radius 3 is 2.48 bits per heavy atom. The van der Waals surface area contributed by atoms with Crippen molar-refractivity contribution < 1.29 is 4.79 Å². The van der Waals surface area contributed by atoms with Crippen molar-refractivity contribution in [2.24, 2.45) is 10.9 Å². The van der Waals surface area contributed by atoms with E-state index in [1.54, 1.807) is 0 Å². The van der Waals surface area contributed by atoms with Crippen LogP contribution < -0.4 is 16.0 Å². The molecule has 1 amide bonds. The normalized spacial score (nSPS) is 24.5. The van der Waals surface area contributed by atoms with Gasteiger partial charge in [0, 0.05) is 30.3 Å². The first-order valence-electron chi connectivity index (χ1n) is 9.57. The van der Waals surface area contributed by atoms with Crippen molar-refractivity contribution in [3.8, 4) is 0 Å². The zero-order valence-electron chi connectivity index (χ0n) is 15.7. The first kappa shape index (κ1) is 22.9. The molecule has 2 fully saturated rings. The van der Waals surface area contributed by atoms with Crippen LogP contribution in [0.2, 0.25) is 0 Å². The summed E-state index contributed by atoms with van der Waals surface area (Å²) in [4.78, 5) is 16.9. The molecule has 7 heteroatoms. The van der Waals surface area contributed by atoms with Crippen LogP contribution in [0.25, 0.3) is 0 Å². The van der Waals surface area contributed by atoms with Crippen molar-refractivity contribution in [2.75, 3.05) is 31.9 Å². The Balaban J connectivity index is 0.00000312. The number of hydrogen-bond acceptors (Lipinski definition) is 3. The van der Waals surface area contributed by atoms with E-state index in [2.05, 4.69) is 29.8 Å². The summed E-state index contributed by atoms with van der Waals surface area (Å²) in [6, 6.07) is 0. The summed E-state index contributed by atoms with van der Waals surface area (Å²) in [7, 11) is 0. The van der Waals surface area contributed by atoms with E-state index in [0.29, 0.717) is 13.1 Å². The highest BCUT2D eigenvalue weighted by Crippen LogP contribution is 2.37. The van der Waals surface area contributed by atoms with Gasteiger partial charge >= 0.3 is 0 Å². The summed E-state index contributed by atoms with van der Waals surface area (Å²) >= 11 is 2.03. The molecule has 0 aromatic carbocycles. The van der Waals surface area contributed by atoms with Gasteiger partial charge in [-0.3, -0.25) is 9.79 Å². The molecular formula is C18H35IN4OS. The number of rotatable bonds is 7. The maximum atomic E-state index is 12.1. The molecule has 1 atom stereocenters. The number of amides is 1. The number of hydrogen-bond donors (Lipinski definition) is 3. The predicted molar refractivity (Wildman–Crippen MR) is 119 cm³/mol. The van der Waals surface area contributed by atoms with Crippen LogP contribution in [0, 0.1) is 5.92 Å². The minimum atomic E-state index is 0. The Bertz CT molecular complexity index is 421. The molecule has 1 heterocycles. The molecule has 1 saturated heterocycles. The Morgan fingerprint density at radius 2 is 1.84 bits per heavy atom. The zero-order valence-corrected chi connectivity index (χ0v) is 18.9. The second-order valence-corrected chi connectivity index (χ2v) is 8.83. The van der Waals surface area contributed by atoms with Crippen molar-refractivity contribution in [3.05, 3.63) is 0 Å². The molecule has 0 aromatic heterocycles. The van der Waals surface area contributed by atoms with Gasteiger partial charge in [-0.1, -0.05) is 19.3 Å². The highest BCUT2D eigenvalue weighted by Gasteiger charge is 2.29. The predicted octanol–water partition coefficient (Wildman–Crippen LogP) is 3.14. The van der Waals surface area contributed by atoms with Gasteiger partial charge in [0.1, 0.15) is 0 Å². The molecule has 25 heavy (non-hydrogen) atoms. The van der Waals surface area contributed by atoms with Gasteiger partial charge in [-0.25, -0.2) is 0 Å². The number of nitrogens with zero attached hydrogens (tertiary/aromatic N) is 1. The number of guanidine groups is 1. The molecule has 5 nitrogen and oxygen atoms in total. The van der Waals surface area contributed by atoms with E-state index in [1.807, 2.05) is 11.8 Å². The molecule has 1 aliphatic heterocycles. The number of aliphatic imine (C=N–C) groups is 1. The molecule has 1 unspecified atom stereocenters. The van der Waals surface area contributed by atoms with Crippen LogP contribution in [0.5, 0.6) is 0 Å². The van der Waals surface area contributed by atoms with Crippen molar-refractivity contribution in [2.45, 2.75) is 63.5 Å². The van der Waals surface area contributed by atoms with Gasteiger partial charge in [0.25, 0.3) is 0 Å². The Kier molecular flexibility index (Phi) is 11.2. The van der Waals surface area contributed by atoms with Gasteiger partial charge in [-0.2, -0.15) is 11.8 Å². The minimum Gasteiger partial charge on any atom is -0.357 e. The summed E-state index contributed by atoms with van der Waals surface area (Å²) < 4.78 is 0.289. The first-order valence-corrected chi connectivity index (χ1v) is 10.6. The van der Waals surface area contributed by atoms with Gasteiger partial charge in [-0.15, -0.1) is 24.0 Å². The Morgan fingerprint density at radius 1 is 1.12 bits per heavy atom. The summed E-state index contributed by atoms with van der Waals surface area (Å²) in [6.07, 6.45) is 8.34. The highest BCUT2D eigenvalue weighted by molar-refractivity contribution is 14.0. The van der Waals surface area contributed by atoms with Crippen LogP contribution >= 0.6 is 35.7 Å². The fraction of sp³-hybridized carbons (Fsp3) is 0.889. The van der Waals surface area contributed by atoms with Crippen LogP contribution in [-0.4, -0.2) is 48.5 Å². The number of carbonyl (C=O) groups is 1. The van der Waals surface area contributed by atoms with E-state index < -0.39 is 0 Å². The maximum absolute atomic E-state index is 12.1. The smallest absolute Gasteiger partial charge is 0.223 e. The molecule has 2 rings (SSSR count). The summed E-state index contributed by atoms with van der Waals surface area (Å²) in [6.45, 7) is 7.46. The van der Waals surface area contributed by atoms with Crippen molar-refractivity contribution in [3.63, 3.8) is 0 Å². The third-order valence-electron chi connectivity index (χ3n) is 4.91. The van der Waals surface area contributed by atoms with Crippen molar-refractivity contribution in [1.82, 2.24) is 16.0 Å². The van der Waals surface area contributed by atoms with Gasteiger partial charge in [-0.05, 0) is 45.3 Å². The molecule has 0 radical (unpaired) electrons. The van der Waals surface area contributed by atoms with E-state index in [9.17, 15) is 4.79 Å². The quantitative estimate of drug-likeness (QED) is 0.226. The molecule has 0 aromatic rings. The number of carbonyl (C=O) groups excluding carboxylic acids is 1. The molecule has 0 spiro atoms. The minimum absolute atomic E-state index is 0. The average Bonchev–Trinajstić information content (AvgIpc) is 3.04. The van der Waals surface area contributed by atoms with E-state index in [-0.39, 0.29) is 40.5 Å².